The molecular weight excluding hydrogens is 236 g/mol. The van der Waals surface area contributed by atoms with Gasteiger partial charge < -0.3 is 10.6 Å². The molecule has 1 amide bonds. The van der Waals surface area contributed by atoms with Crippen molar-refractivity contribution in [1.82, 2.24) is 10.6 Å². The predicted octanol–water partition coefficient (Wildman–Crippen LogP) is 2.87. The van der Waals surface area contributed by atoms with Crippen molar-refractivity contribution in [3.63, 3.8) is 0 Å². The van der Waals surface area contributed by atoms with Crippen molar-refractivity contribution in [3.05, 3.63) is 34.9 Å². The van der Waals surface area contributed by atoms with Crippen LogP contribution in [-0.4, -0.2) is 18.5 Å². The van der Waals surface area contributed by atoms with Gasteiger partial charge >= 0.3 is 0 Å². The Hall–Kier alpha value is -1.35. The summed E-state index contributed by atoms with van der Waals surface area (Å²) in [5.74, 6) is 0.106. The van der Waals surface area contributed by atoms with Crippen LogP contribution >= 0.6 is 0 Å². The van der Waals surface area contributed by atoms with E-state index in [0.717, 1.165) is 0 Å². The molecule has 2 N–H and O–H groups in total. The standard InChI is InChI=1S/C16H26N2O/c1-11(2)18-16(19)8-9-17-14(5)15-7-6-12(3)13(4)10-15/h6-7,10-11,14,17H,8-9H2,1-5H3,(H,18,19). The van der Waals surface area contributed by atoms with Crippen molar-refractivity contribution in [2.24, 2.45) is 0 Å². The third-order valence-electron chi connectivity index (χ3n) is 3.28. The highest BCUT2D eigenvalue weighted by Crippen LogP contribution is 2.16. The van der Waals surface area contributed by atoms with Gasteiger partial charge in [-0.05, 0) is 51.3 Å². The molecule has 19 heavy (non-hydrogen) atoms. The molecule has 1 aromatic carbocycles. The Morgan fingerprint density at radius 2 is 1.84 bits per heavy atom. The molecule has 1 atom stereocenters. The highest BCUT2D eigenvalue weighted by molar-refractivity contribution is 5.76. The Kier molecular flexibility index (Phi) is 6.03. The molecule has 1 rings (SSSR count). The summed E-state index contributed by atoms with van der Waals surface area (Å²) in [4.78, 5) is 11.5. The number of nitrogens with one attached hydrogen (secondary N) is 2. The Balaban J connectivity index is 2.40. The van der Waals surface area contributed by atoms with Crippen LogP contribution in [0.3, 0.4) is 0 Å². The van der Waals surface area contributed by atoms with Gasteiger partial charge in [-0.1, -0.05) is 18.2 Å². The van der Waals surface area contributed by atoms with Crippen LogP contribution in [0.4, 0.5) is 0 Å². The summed E-state index contributed by atoms with van der Waals surface area (Å²) in [6.07, 6.45) is 0.521. The van der Waals surface area contributed by atoms with Gasteiger partial charge in [-0.3, -0.25) is 4.79 Å². The van der Waals surface area contributed by atoms with E-state index in [1.807, 2.05) is 13.8 Å². The molecule has 1 aromatic rings. The van der Waals surface area contributed by atoms with Gasteiger partial charge in [0.2, 0.25) is 5.91 Å². The average Bonchev–Trinajstić information content (AvgIpc) is 2.31. The molecule has 3 heteroatoms. The summed E-state index contributed by atoms with van der Waals surface area (Å²) in [5.41, 5.74) is 3.89. The number of aryl methyl sites for hydroxylation is 2. The fourth-order valence-electron chi connectivity index (χ4n) is 1.95. The summed E-state index contributed by atoms with van der Waals surface area (Å²) in [6.45, 7) is 11.0. The molecule has 0 aliphatic carbocycles. The summed E-state index contributed by atoms with van der Waals surface area (Å²) >= 11 is 0. The highest BCUT2D eigenvalue weighted by Gasteiger charge is 2.07. The monoisotopic (exact) mass is 262 g/mol. The number of hydrogen-bond acceptors (Lipinski definition) is 2. The molecule has 0 bridgehead atoms. The number of benzene rings is 1. The Morgan fingerprint density at radius 3 is 2.42 bits per heavy atom. The van der Waals surface area contributed by atoms with E-state index in [1.54, 1.807) is 0 Å². The number of hydrogen-bond donors (Lipinski definition) is 2. The van der Waals surface area contributed by atoms with E-state index in [1.165, 1.54) is 16.7 Å². The topological polar surface area (TPSA) is 41.1 Å². The first-order chi connectivity index (χ1) is 8.90. The minimum atomic E-state index is 0.106. The van der Waals surface area contributed by atoms with Gasteiger partial charge in [0.15, 0.2) is 0 Å². The van der Waals surface area contributed by atoms with Crippen molar-refractivity contribution in [2.75, 3.05) is 6.54 Å². The normalized spacial score (nSPS) is 12.5. The van der Waals surface area contributed by atoms with Crippen LogP contribution in [0.15, 0.2) is 18.2 Å². The lowest BCUT2D eigenvalue weighted by atomic mass is 10.0. The first kappa shape index (κ1) is 15.7. The molecule has 0 fully saturated rings. The molecule has 0 radical (unpaired) electrons. The van der Waals surface area contributed by atoms with Gasteiger partial charge in [0.1, 0.15) is 0 Å². The zero-order valence-electron chi connectivity index (χ0n) is 12.7. The van der Waals surface area contributed by atoms with Gasteiger partial charge in [-0.2, -0.15) is 0 Å². The lowest BCUT2D eigenvalue weighted by Gasteiger charge is -2.16. The van der Waals surface area contributed by atoms with E-state index in [2.05, 4.69) is 49.6 Å². The van der Waals surface area contributed by atoms with Crippen LogP contribution in [0, 0.1) is 13.8 Å². The van der Waals surface area contributed by atoms with E-state index >= 15 is 0 Å². The maximum Gasteiger partial charge on any atom is 0.221 e. The smallest absolute Gasteiger partial charge is 0.221 e. The van der Waals surface area contributed by atoms with Crippen LogP contribution in [0.2, 0.25) is 0 Å². The maximum atomic E-state index is 11.5. The third-order valence-corrected chi connectivity index (χ3v) is 3.28. The van der Waals surface area contributed by atoms with E-state index in [-0.39, 0.29) is 18.0 Å². The van der Waals surface area contributed by atoms with E-state index < -0.39 is 0 Å². The molecule has 0 saturated heterocycles. The highest BCUT2D eigenvalue weighted by atomic mass is 16.1. The Morgan fingerprint density at radius 1 is 1.16 bits per heavy atom. The number of carbonyl (C=O) groups excluding carboxylic acids is 1. The predicted molar refractivity (Wildman–Crippen MR) is 80.2 cm³/mol. The molecule has 0 heterocycles. The quantitative estimate of drug-likeness (QED) is 0.827. The van der Waals surface area contributed by atoms with Crippen LogP contribution < -0.4 is 10.6 Å². The van der Waals surface area contributed by atoms with E-state index in [4.69, 9.17) is 0 Å². The van der Waals surface area contributed by atoms with Crippen LogP contribution in [0.5, 0.6) is 0 Å². The summed E-state index contributed by atoms with van der Waals surface area (Å²) in [6, 6.07) is 6.99. The second-order valence-electron chi connectivity index (χ2n) is 5.49. The lowest BCUT2D eigenvalue weighted by Crippen LogP contribution is -2.33. The number of carbonyl (C=O) groups is 1. The van der Waals surface area contributed by atoms with Crippen LogP contribution in [0.25, 0.3) is 0 Å². The zero-order valence-corrected chi connectivity index (χ0v) is 12.7. The molecule has 1 unspecified atom stereocenters. The molecule has 0 aliphatic rings. The molecule has 0 saturated carbocycles. The average molecular weight is 262 g/mol. The van der Waals surface area contributed by atoms with Crippen molar-refractivity contribution in [1.29, 1.82) is 0 Å². The number of amides is 1. The van der Waals surface area contributed by atoms with Gasteiger partial charge in [-0.15, -0.1) is 0 Å². The molecule has 3 nitrogen and oxygen atoms in total. The molecule has 0 aromatic heterocycles. The molecule has 0 aliphatic heterocycles. The van der Waals surface area contributed by atoms with Gasteiger partial charge in [0.05, 0.1) is 0 Å². The second kappa shape index (κ2) is 7.29. The minimum Gasteiger partial charge on any atom is -0.354 e. The zero-order chi connectivity index (χ0) is 14.4. The van der Waals surface area contributed by atoms with Crippen molar-refractivity contribution < 1.29 is 4.79 Å². The minimum absolute atomic E-state index is 0.106. The van der Waals surface area contributed by atoms with Crippen molar-refractivity contribution >= 4 is 5.91 Å². The summed E-state index contributed by atoms with van der Waals surface area (Å²) < 4.78 is 0. The lowest BCUT2D eigenvalue weighted by molar-refractivity contribution is -0.121. The molecule has 106 valence electrons. The SMILES string of the molecule is Cc1ccc(C(C)NCCC(=O)NC(C)C)cc1C. The van der Waals surface area contributed by atoms with Crippen molar-refractivity contribution in [3.8, 4) is 0 Å². The first-order valence-corrected chi connectivity index (χ1v) is 7.00. The van der Waals surface area contributed by atoms with Gasteiger partial charge in [0, 0.05) is 25.0 Å². The third kappa shape index (κ3) is 5.43. The maximum absolute atomic E-state index is 11.5. The van der Waals surface area contributed by atoms with Gasteiger partial charge in [-0.25, -0.2) is 0 Å². The fraction of sp³-hybridized carbons (Fsp3) is 0.562. The van der Waals surface area contributed by atoms with Crippen LogP contribution in [0.1, 0.15) is 49.9 Å². The largest absolute Gasteiger partial charge is 0.354 e. The number of rotatable bonds is 6. The Bertz CT molecular complexity index is 427. The fourth-order valence-corrected chi connectivity index (χ4v) is 1.95. The summed E-state index contributed by atoms with van der Waals surface area (Å²) in [5, 5.41) is 6.28. The van der Waals surface area contributed by atoms with Crippen LogP contribution in [-0.2, 0) is 4.79 Å². The van der Waals surface area contributed by atoms with Gasteiger partial charge in [0.25, 0.3) is 0 Å². The van der Waals surface area contributed by atoms with Crippen molar-refractivity contribution in [2.45, 2.75) is 53.1 Å². The molecule has 0 spiro atoms. The first-order valence-electron chi connectivity index (χ1n) is 7.00. The summed E-state index contributed by atoms with van der Waals surface area (Å²) in [7, 11) is 0. The Labute approximate surface area is 116 Å². The van der Waals surface area contributed by atoms with E-state index in [9.17, 15) is 4.79 Å². The second-order valence-corrected chi connectivity index (χ2v) is 5.49. The molecular formula is C16H26N2O. The van der Waals surface area contributed by atoms with E-state index in [0.29, 0.717) is 13.0 Å².